The monoisotopic (exact) mass is 279 g/mol. The van der Waals surface area contributed by atoms with Crippen LogP contribution < -0.4 is 0 Å². The first kappa shape index (κ1) is 13.9. The van der Waals surface area contributed by atoms with Crippen molar-refractivity contribution < 1.29 is 18.3 Å². The smallest absolute Gasteiger partial charge is 0.332 e. The molecule has 5 nitrogen and oxygen atoms in total. The Morgan fingerprint density at radius 1 is 1.35 bits per heavy atom. The van der Waals surface area contributed by atoms with E-state index in [0.717, 1.165) is 18.2 Å². The van der Waals surface area contributed by atoms with Gasteiger partial charge in [0.05, 0.1) is 6.61 Å². The average molecular weight is 279 g/mol. The summed E-state index contributed by atoms with van der Waals surface area (Å²) < 4.78 is 32.1. The highest BCUT2D eigenvalue weighted by Gasteiger charge is 2.07. The summed E-state index contributed by atoms with van der Waals surface area (Å²) >= 11 is 0. The van der Waals surface area contributed by atoms with E-state index in [2.05, 4.69) is 10.1 Å². The minimum Gasteiger partial charge on any atom is -0.463 e. The highest BCUT2D eigenvalue weighted by molar-refractivity contribution is 5.84. The molecular weight excluding hydrogens is 268 g/mol. The minimum atomic E-state index is -0.710. The molecule has 0 aliphatic heterocycles. The van der Waals surface area contributed by atoms with Crippen molar-refractivity contribution in [3.8, 4) is 11.4 Å². The van der Waals surface area contributed by atoms with Crippen LogP contribution in [0.2, 0.25) is 0 Å². The Balaban J connectivity index is 2.18. The van der Waals surface area contributed by atoms with Gasteiger partial charge in [-0.15, -0.1) is 5.10 Å². The number of ether oxygens (including phenoxy) is 1. The molecule has 1 aromatic carbocycles. The lowest BCUT2D eigenvalue weighted by atomic mass is 10.2. The maximum absolute atomic E-state index is 13.1. The van der Waals surface area contributed by atoms with Gasteiger partial charge in [0, 0.05) is 23.9 Å². The van der Waals surface area contributed by atoms with Gasteiger partial charge < -0.3 is 4.74 Å². The number of hydrogen-bond donors (Lipinski definition) is 0. The molecule has 0 aliphatic carbocycles. The number of carbonyl (C=O) groups is 1. The third-order valence-electron chi connectivity index (χ3n) is 2.28. The molecule has 104 valence electrons. The van der Waals surface area contributed by atoms with Crippen LogP contribution in [0.3, 0.4) is 0 Å². The van der Waals surface area contributed by atoms with Crippen LogP contribution >= 0.6 is 0 Å². The second-order valence-corrected chi connectivity index (χ2v) is 3.77. The van der Waals surface area contributed by atoms with Crippen LogP contribution in [0, 0.1) is 11.6 Å². The van der Waals surface area contributed by atoms with E-state index in [1.165, 1.54) is 23.3 Å². The van der Waals surface area contributed by atoms with E-state index in [1.807, 2.05) is 0 Å². The molecule has 1 heterocycles. The zero-order chi connectivity index (χ0) is 14.5. The van der Waals surface area contributed by atoms with Gasteiger partial charge in [0.25, 0.3) is 0 Å². The number of halogens is 2. The fraction of sp³-hybridized carbons (Fsp3) is 0.154. The van der Waals surface area contributed by atoms with Crippen LogP contribution in [0.15, 0.2) is 30.6 Å². The molecule has 2 aromatic rings. The largest absolute Gasteiger partial charge is 0.463 e. The normalized spacial score (nSPS) is 10.9. The molecule has 0 atom stereocenters. The van der Waals surface area contributed by atoms with Gasteiger partial charge >= 0.3 is 5.97 Å². The highest BCUT2D eigenvalue weighted by Crippen LogP contribution is 2.17. The van der Waals surface area contributed by atoms with Crippen LogP contribution in [0.25, 0.3) is 17.6 Å². The van der Waals surface area contributed by atoms with E-state index < -0.39 is 17.6 Å². The van der Waals surface area contributed by atoms with Crippen molar-refractivity contribution in [2.75, 3.05) is 6.61 Å². The molecule has 0 spiro atoms. The summed E-state index contributed by atoms with van der Waals surface area (Å²) in [6.07, 6.45) is 3.83. The van der Waals surface area contributed by atoms with Gasteiger partial charge in [-0.2, -0.15) is 0 Å². The molecule has 1 aromatic heterocycles. The summed E-state index contributed by atoms with van der Waals surface area (Å²) in [4.78, 5) is 15.0. The number of hydrogen-bond acceptors (Lipinski definition) is 4. The van der Waals surface area contributed by atoms with E-state index >= 15 is 0 Å². The molecule has 0 fully saturated rings. The van der Waals surface area contributed by atoms with Gasteiger partial charge in [-0.05, 0) is 19.1 Å². The minimum absolute atomic E-state index is 0.150. The molecule has 0 radical (unpaired) electrons. The van der Waals surface area contributed by atoms with Crippen molar-refractivity contribution in [1.29, 1.82) is 0 Å². The van der Waals surface area contributed by atoms with Crippen molar-refractivity contribution in [1.82, 2.24) is 14.8 Å². The van der Waals surface area contributed by atoms with E-state index in [1.54, 1.807) is 6.92 Å². The lowest BCUT2D eigenvalue weighted by molar-refractivity contribution is -0.137. The SMILES string of the molecule is CCOC(=O)/C=C/n1cnc(-c2cc(F)cc(F)c2)n1. The van der Waals surface area contributed by atoms with Gasteiger partial charge in [-0.3, -0.25) is 0 Å². The predicted octanol–water partition coefficient (Wildman–Crippen LogP) is 2.26. The zero-order valence-corrected chi connectivity index (χ0v) is 10.6. The molecular formula is C13H11F2N3O2. The second-order valence-electron chi connectivity index (χ2n) is 3.77. The summed E-state index contributed by atoms with van der Waals surface area (Å²) in [6, 6.07) is 3.01. The van der Waals surface area contributed by atoms with Gasteiger partial charge in [-0.25, -0.2) is 23.2 Å². The summed E-state index contributed by atoms with van der Waals surface area (Å²) in [5.74, 6) is -1.78. The number of rotatable bonds is 4. The zero-order valence-electron chi connectivity index (χ0n) is 10.6. The third kappa shape index (κ3) is 3.47. The molecule has 2 rings (SSSR count). The first-order valence-electron chi connectivity index (χ1n) is 5.81. The van der Waals surface area contributed by atoms with Gasteiger partial charge in [0.15, 0.2) is 5.82 Å². The molecule has 0 amide bonds. The number of benzene rings is 1. The van der Waals surface area contributed by atoms with E-state index in [9.17, 15) is 13.6 Å². The molecule has 0 saturated heterocycles. The summed E-state index contributed by atoms with van der Waals surface area (Å²) in [5.41, 5.74) is 0.214. The summed E-state index contributed by atoms with van der Waals surface area (Å²) in [7, 11) is 0. The Bertz CT molecular complexity index is 633. The molecule has 0 saturated carbocycles. The fourth-order valence-corrected chi connectivity index (χ4v) is 1.49. The van der Waals surface area contributed by atoms with Crippen LogP contribution in [-0.2, 0) is 9.53 Å². The topological polar surface area (TPSA) is 57.0 Å². The van der Waals surface area contributed by atoms with E-state index in [0.29, 0.717) is 0 Å². The van der Waals surface area contributed by atoms with Crippen LogP contribution in [0.5, 0.6) is 0 Å². The van der Waals surface area contributed by atoms with Crippen LogP contribution in [0.4, 0.5) is 8.78 Å². The molecule has 0 N–H and O–H groups in total. The van der Waals surface area contributed by atoms with Crippen molar-refractivity contribution in [2.24, 2.45) is 0 Å². The fourth-order valence-electron chi connectivity index (χ4n) is 1.49. The maximum atomic E-state index is 13.1. The first-order valence-corrected chi connectivity index (χ1v) is 5.81. The lowest BCUT2D eigenvalue weighted by Crippen LogP contribution is -2.00. The Kier molecular flexibility index (Phi) is 4.19. The van der Waals surface area contributed by atoms with E-state index in [-0.39, 0.29) is 18.0 Å². The van der Waals surface area contributed by atoms with Gasteiger partial charge in [0.2, 0.25) is 0 Å². The Labute approximate surface area is 113 Å². The summed E-state index contributed by atoms with van der Waals surface area (Å²) in [5, 5.41) is 3.97. The van der Waals surface area contributed by atoms with Gasteiger partial charge in [0.1, 0.15) is 18.0 Å². The Morgan fingerprint density at radius 3 is 2.70 bits per heavy atom. The molecule has 7 heteroatoms. The van der Waals surface area contributed by atoms with Crippen molar-refractivity contribution in [3.05, 3.63) is 42.2 Å². The molecule has 0 bridgehead atoms. The average Bonchev–Trinajstić information content (AvgIpc) is 2.84. The van der Waals surface area contributed by atoms with Crippen molar-refractivity contribution >= 4 is 12.2 Å². The maximum Gasteiger partial charge on any atom is 0.332 e. The highest BCUT2D eigenvalue weighted by atomic mass is 19.1. The quantitative estimate of drug-likeness (QED) is 0.636. The van der Waals surface area contributed by atoms with Crippen molar-refractivity contribution in [2.45, 2.75) is 6.92 Å². The summed E-state index contributed by atoms with van der Waals surface area (Å²) in [6.45, 7) is 1.96. The van der Waals surface area contributed by atoms with Crippen LogP contribution in [0.1, 0.15) is 6.92 Å². The standard InChI is InChI=1S/C13H11F2N3O2/c1-2-20-12(19)3-4-18-8-16-13(17-18)9-5-10(14)7-11(15)6-9/h3-8H,2H2,1H3/b4-3+. The molecule has 20 heavy (non-hydrogen) atoms. The Hall–Kier alpha value is -2.57. The number of aromatic nitrogens is 3. The predicted molar refractivity (Wildman–Crippen MR) is 67.3 cm³/mol. The van der Waals surface area contributed by atoms with Gasteiger partial charge in [-0.1, -0.05) is 0 Å². The van der Waals surface area contributed by atoms with Crippen molar-refractivity contribution in [3.63, 3.8) is 0 Å². The lowest BCUT2D eigenvalue weighted by Gasteiger charge is -1.96. The Morgan fingerprint density at radius 2 is 2.05 bits per heavy atom. The third-order valence-corrected chi connectivity index (χ3v) is 2.28. The number of nitrogens with zero attached hydrogens (tertiary/aromatic N) is 3. The second kappa shape index (κ2) is 6.05. The molecule has 0 unspecified atom stereocenters. The number of esters is 1. The molecule has 0 aliphatic rings. The number of carbonyl (C=O) groups excluding carboxylic acids is 1. The first-order chi connectivity index (χ1) is 9.58. The van der Waals surface area contributed by atoms with E-state index in [4.69, 9.17) is 4.74 Å². The van der Waals surface area contributed by atoms with Crippen LogP contribution in [-0.4, -0.2) is 27.3 Å².